The molecule has 1 heterocycles. The van der Waals surface area contributed by atoms with Crippen LogP contribution in [0.5, 0.6) is 0 Å². The van der Waals surface area contributed by atoms with Crippen molar-refractivity contribution >= 4 is 22.6 Å². The molecule has 0 bridgehead atoms. The Balaban J connectivity index is 2.35. The number of aryl methyl sites for hydroxylation is 1. The maximum absolute atomic E-state index is 12.5. The number of benzene rings is 2. The van der Waals surface area contributed by atoms with Gasteiger partial charge in [-0.2, -0.15) is 0 Å². The number of hydrogen-bond donors (Lipinski definition) is 0. The first-order valence-electron chi connectivity index (χ1n) is 5.95. The fraction of sp³-hybridized carbons (Fsp3) is 0.0625. The average Bonchev–Trinajstić information content (AvgIpc) is 2.41. The molecule has 3 rings (SSSR count). The first-order chi connectivity index (χ1) is 9.16. The van der Waals surface area contributed by atoms with E-state index in [9.17, 15) is 4.79 Å². The van der Waals surface area contributed by atoms with E-state index in [-0.39, 0.29) is 5.43 Å². The Hall–Kier alpha value is -2.06. The first-order valence-corrected chi connectivity index (χ1v) is 6.33. The molecule has 3 aromatic rings. The molecule has 0 aliphatic rings. The Morgan fingerprint density at radius 3 is 2.42 bits per heavy atom. The summed E-state index contributed by atoms with van der Waals surface area (Å²) >= 11 is 5.87. The molecule has 0 saturated carbocycles. The van der Waals surface area contributed by atoms with Gasteiger partial charge < -0.3 is 4.42 Å². The third-order valence-corrected chi connectivity index (χ3v) is 3.36. The van der Waals surface area contributed by atoms with Gasteiger partial charge in [-0.15, -0.1) is 0 Å². The second kappa shape index (κ2) is 4.56. The largest absolute Gasteiger partial charge is 0.460 e. The summed E-state index contributed by atoms with van der Waals surface area (Å²) in [6.07, 6.45) is 0. The second-order valence-corrected chi connectivity index (χ2v) is 4.80. The van der Waals surface area contributed by atoms with Crippen LogP contribution in [0.3, 0.4) is 0 Å². The predicted octanol–water partition coefficient (Wildman–Crippen LogP) is 4.42. The molecule has 0 aliphatic carbocycles. The minimum absolute atomic E-state index is 0.0123. The van der Waals surface area contributed by atoms with Gasteiger partial charge in [-0.05, 0) is 36.8 Å². The summed E-state index contributed by atoms with van der Waals surface area (Å²) in [5.41, 5.74) is 2.01. The van der Waals surface area contributed by atoms with Crippen LogP contribution < -0.4 is 5.43 Å². The van der Waals surface area contributed by atoms with Crippen molar-refractivity contribution in [2.75, 3.05) is 0 Å². The van der Waals surface area contributed by atoms with Gasteiger partial charge in [0.2, 0.25) is 5.43 Å². The normalized spacial score (nSPS) is 10.8. The molecule has 2 nitrogen and oxygen atoms in total. The highest BCUT2D eigenvalue weighted by Gasteiger charge is 2.12. The maximum Gasteiger partial charge on any atom is 0.200 e. The van der Waals surface area contributed by atoms with E-state index in [4.69, 9.17) is 16.0 Å². The highest BCUT2D eigenvalue weighted by atomic mass is 35.5. The molecule has 3 heteroatoms. The number of halogens is 1. The van der Waals surface area contributed by atoms with Gasteiger partial charge in [0.25, 0.3) is 0 Å². The van der Waals surface area contributed by atoms with Crippen molar-refractivity contribution in [2.45, 2.75) is 6.92 Å². The van der Waals surface area contributed by atoms with Crippen molar-refractivity contribution in [3.63, 3.8) is 0 Å². The second-order valence-electron chi connectivity index (χ2n) is 4.37. The van der Waals surface area contributed by atoms with Gasteiger partial charge in [-0.1, -0.05) is 35.9 Å². The lowest BCUT2D eigenvalue weighted by atomic mass is 10.0. The van der Waals surface area contributed by atoms with Crippen molar-refractivity contribution in [3.05, 3.63) is 69.5 Å². The van der Waals surface area contributed by atoms with Crippen LogP contribution >= 0.6 is 11.6 Å². The molecule has 1 aromatic heterocycles. The Morgan fingerprint density at radius 2 is 1.68 bits per heavy atom. The zero-order valence-electron chi connectivity index (χ0n) is 10.3. The molecule has 94 valence electrons. The zero-order valence-corrected chi connectivity index (χ0v) is 11.1. The topological polar surface area (TPSA) is 30.2 Å². The summed E-state index contributed by atoms with van der Waals surface area (Å²) in [5, 5.41) is 1.24. The Morgan fingerprint density at radius 1 is 1.00 bits per heavy atom. The summed E-state index contributed by atoms with van der Waals surface area (Å²) in [6.45, 7) is 1.80. The SMILES string of the molecule is Cc1oc2ccccc2c(=O)c1-c1ccc(Cl)cc1. The van der Waals surface area contributed by atoms with Gasteiger partial charge in [0.05, 0.1) is 10.9 Å². The number of rotatable bonds is 1. The lowest BCUT2D eigenvalue weighted by molar-refractivity contribution is 0.567. The van der Waals surface area contributed by atoms with E-state index >= 15 is 0 Å². The third kappa shape index (κ3) is 2.04. The molecule has 2 aromatic carbocycles. The molecule has 0 radical (unpaired) electrons. The van der Waals surface area contributed by atoms with E-state index in [2.05, 4.69) is 0 Å². The summed E-state index contributed by atoms with van der Waals surface area (Å²) in [4.78, 5) is 12.5. The van der Waals surface area contributed by atoms with Crippen molar-refractivity contribution in [2.24, 2.45) is 0 Å². The van der Waals surface area contributed by atoms with Crippen molar-refractivity contribution in [1.82, 2.24) is 0 Å². The van der Waals surface area contributed by atoms with E-state index in [1.165, 1.54) is 0 Å². The zero-order chi connectivity index (χ0) is 13.4. The fourth-order valence-corrected chi connectivity index (χ4v) is 2.33. The molecule has 0 spiro atoms. The predicted molar refractivity (Wildman–Crippen MR) is 77.7 cm³/mol. The number of hydrogen-bond acceptors (Lipinski definition) is 2. The quantitative estimate of drug-likeness (QED) is 0.655. The van der Waals surface area contributed by atoms with Crippen molar-refractivity contribution in [3.8, 4) is 11.1 Å². The molecule has 0 amide bonds. The van der Waals surface area contributed by atoms with Crippen LogP contribution in [-0.2, 0) is 0 Å². The van der Waals surface area contributed by atoms with E-state index in [0.29, 0.717) is 27.3 Å². The van der Waals surface area contributed by atoms with Gasteiger partial charge in [0.15, 0.2) is 0 Å². The lowest BCUT2D eigenvalue weighted by Gasteiger charge is -2.06. The highest BCUT2D eigenvalue weighted by molar-refractivity contribution is 6.30. The van der Waals surface area contributed by atoms with Gasteiger partial charge in [0, 0.05) is 5.02 Å². The molecule has 19 heavy (non-hydrogen) atoms. The molecule has 0 fully saturated rings. The molecular formula is C16H11ClO2. The lowest BCUT2D eigenvalue weighted by Crippen LogP contribution is -2.07. The van der Waals surface area contributed by atoms with Crippen LogP contribution in [0, 0.1) is 6.92 Å². The van der Waals surface area contributed by atoms with Crippen LogP contribution in [0.4, 0.5) is 0 Å². The molecule has 0 unspecified atom stereocenters. The summed E-state index contributed by atoms with van der Waals surface area (Å²) < 4.78 is 5.73. The standard InChI is InChI=1S/C16H11ClO2/c1-10-15(11-6-8-12(17)9-7-11)16(18)13-4-2-3-5-14(13)19-10/h2-9H,1H3. The average molecular weight is 271 g/mol. The summed E-state index contributed by atoms with van der Waals surface area (Å²) in [5.74, 6) is 0.617. The molecule has 0 atom stereocenters. The van der Waals surface area contributed by atoms with Gasteiger partial charge >= 0.3 is 0 Å². The van der Waals surface area contributed by atoms with Crippen molar-refractivity contribution in [1.29, 1.82) is 0 Å². The molecular weight excluding hydrogens is 260 g/mol. The van der Waals surface area contributed by atoms with Gasteiger partial charge in [0.1, 0.15) is 11.3 Å². The van der Waals surface area contributed by atoms with E-state index < -0.39 is 0 Å². The van der Waals surface area contributed by atoms with Crippen LogP contribution in [0.1, 0.15) is 5.76 Å². The minimum Gasteiger partial charge on any atom is -0.460 e. The first kappa shape index (κ1) is 12.0. The molecule has 0 saturated heterocycles. The van der Waals surface area contributed by atoms with Gasteiger partial charge in [-0.3, -0.25) is 4.79 Å². The molecule has 0 N–H and O–H groups in total. The van der Waals surface area contributed by atoms with E-state index in [0.717, 1.165) is 5.56 Å². The minimum atomic E-state index is -0.0123. The van der Waals surface area contributed by atoms with Gasteiger partial charge in [-0.25, -0.2) is 0 Å². The highest BCUT2D eigenvalue weighted by Crippen LogP contribution is 2.24. The number of para-hydroxylation sites is 1. The summed E-state index contributed by atoms with van der Waals surface area (Å²) in [6, 6.07) is 14.5. The van der Waals surface area contributed by atoms with Crippen LogP contribution in [-0.4, -0.2) is 0 Å². The number of fused-ring (bicyclic) bond motifs is 1. The maximum atomic E-state index is 12.5. The third-order valence-electron chi connectivity index (χ3n) is 3.11. The van der Waals surface area contributed by atoms with E-state index in [1.807, 2.05) is 24.3 Å². The van der Waals surface area contributed by atoms with Crippen LogP contribution in [0.25, 0.3) is 22.1 Å². The van der Waals surface area contributed by atoms with E-state index in [1.54, 1.807) is 31.2 Å². The van der Waals surface area contributed by atoms with Crippen LogP contribution in [0.15, 0.2) is 57.7 Å². The Labute approximate surface area is 115 Å². The molecule has 0 aliphatic heterocycles. The monoisotopic (exact) mass is 270 g/mol. The Bertz CT molecular complexity index is 801. The van der Waals surface area contributed by atoms with Crippen LogP contribution in [0.2, 0.25) is 5.02 Å². The van der Waals surface area contributed by atoms with Crippen molar-refractivity contribution < 1.29 is 4.42 Å². The Kier molecular flexibility index (Phi) is 2.88. The fourth-order valence-electron chi connectivity index (χ4n) is 2.20. The summed E-state index contributed by atoms with van der Waals surface area (Å²) in [7, 11) is 0. The smallest absolute Gasteiger partial charge is 0.200 e.